The lowest BCUT2D eigenvalue weighted by Gasteiger charge is -2.39. The molecule has 0 spiro atoms. The Balaban J connectivity index is 1.56. The Kier molecular flexibility index (Phi) is 9.13. The van der Waals surface area contributed by atoms with Gasteiger partial charge in [-0.25, -0.2) is 0 Å². The second kappa shape index (κ2) is 12.5. The molecule has 0 atom stereocenters. The van der Waals surface area contributed by atoms with Crippen LogP contribution in [0.4, 0.5) is 0 Å². The van der Waals surface area contributed by atoms with Crippen LogP contribution in [0.3, 0.4) is 0 Å². The lowest BCUT2D eigenvalue weighted by molar-refractivity contribution is -0.135. The molecule has 3 aromatic carbocycles. The minimum absolute atomic E-state index is 0.00170. The molecule has 0 unspecified atom stereocenters. The third kappa shape index (κ3) is 6.11. The quantitative estimate of drug-likeness (QED) is 0.172. The SMILES string of the molecule is CN(CC1(C(=O)CCCC[P+](c2ccccc2)(c2ccccc2)c2ccccc2)CCOCC1)C(=N)N. The summed E-state index contributed by atoms with van der Waals surface area (Å²) in [7, 11) is -0.0853. The number of nitrogens with one attached hydrogen (secondary N) is 1. The summed E-state index contributed by atoms with van der Waals surface area (Å²) in [4.78, 5) is 15.3. The van der Waals surface area contributed by atoms with Crippen molar-refractivity contribution in [3.63, 3.8) is 0 Å². The molecule has 0 aromatic heterocycles. The molecule has 1 heterocycles. The van der Waals surface area contributed by atoms with Crippen LogP contribution < -0.4 is 21.6 Å². The first-order chi connectivity index (χ1) is 18.0. The van der Waals surface area contributed by atoms with E-state index in [-0.39, 0.29) is 11.7 Å². The molecule has 6 heteroatoms. The highest BCUT2D eigenvalue weighted by atomic mass is 31.2. The molecule has 194 valence electrons. The predicted molar refractivity (Wildman–Crippen MR) is 156 cm³/mol. The van der Waals surface area contributed by atoms with Crippen LogP contribution in [0.5, 0.6) is 0 Å². The molecule has 1 aliphatic rings. The summed E-state index contributed by atoms with van der Waals surface area (Å²) in [6.07, 6.45) is 4.76. The summed E-state index contributed by atoms with van der Waals surface area (Å²) in [5, 5.41) is 11.9. The maximum absolute atomic E-state index is 13.6. The van der Waals surface area contributed by atoms with Crippen LogP contribution in [0, 0.1) is 10.8 Å². The number of carbonyl (C=O) groups excluding carboxylic acids is 1. The zero-order chi connectivity index (χ0) is 26.1. The zero-order valence-corrected chi connectivity index (χ0v) is 22.7. The van der Waals surface area contributed by atoms with Gasteiger partial charge in [0.2, 0.25) is 0 Å². The molecule has 0 saturated carbocycles. The molecule has 0 bridgehead atoms. The summed E-state index contributed by atoms with van der Waals surface area (Å²) < 4.78 is 5.58. The second-order valence-electron chi connectivity index (χ2n) is 10.1. The van der Waals surface area contributed by atoms with Crippen molar-refractivity contribution in [3.05, 3.63) is 91.0 Å². The lowest BCUT2D eigenvalue weighted by Crippen LogP contribution is -2.48. The van der Waals surface area contributed by atoms with E-state index < -0.39 is 12.7 Å². The smallest absolute Gasteiger partial charge is 0.188 e. The number of unbranched alkanes of at least 4 members (excludes halogenated alkanes) is 1. The fourth-order valence-corrected chi connectivity index (χ4v) is 10.0. The van der Waals surface area contributed by atoms with Gasteiger partial charge in [0.1, 0.15) is 29.0 Å². The number of ether oxygens (including phenoxy) is 1. The number of rotatable bonds is 11. The van der Waals surface area contributed by atoms with E-state index >= 15 is 0 Å². The Morgan fingerprint density at radius 3 is 1.76 bits per heavy atom. The van der Waals surface area contributed by atoms with Crippen molar-refractivity contribution in [2.24, 2.45) is 11.1 Å². The van der Waals surface area contributed by atoms with Crippen LogP contribution in [0.15, 0.2) is 91.0 Å². The van der Waals surface area contributed by atoms with Crippen LogP contribution in [0.1, 0.15) is 32.1 Å². The van der Waals surface area contributed by atoms with Crippen LogP contribution in [-0.4, -0.2) is 49.6 Å². The van der Waals surface area contributed by atoms with Crippen molar-refractivity contribution < 1.29 is 9.53 Å². The molecule has 0 amide bonds. The van der Waals surface area contributed by atoms with Gasteiger partial charge in [-0.05, 0) is 62.1 Å². The third-order valence-electron chi connectivity index (χ3n) is 7.73. The monoisotopic (exact) mass is 516 g/mol. The maximum atomic E-state index is 13.6. The van der Waals surface area contributed by atoms with Crippen molar-refractivity contribution in [3.8, 4) is 0 Å². The summed E-state index contributed by atoms with van der Waals surface area (Å²) in [5.74, 6) is 0.286. The number of nitrogens with zero attached hydrogens (tertiary/aromatic N) is 1. The minimum atomic E-state index is -1.88. The molecule has 4 rings (SSSR count). The van der Waals surface area contributed by atoms with Gasteiger partial charge >= 0.3 is 0 Å². The minimum Gasteiger partial charge on any atom is -0.381 e. The fraction of sp³-hybridized carbons (Fsp3) is 0.355. The number of carbonyl (C=O) groups is 1. The Labute approximate surface area is 221 Å². The highest BCUT2D eigenvalue weighted by molar-refractivity contribution is 7.95. The van der Waals surface area contributed by atoms with E-state index in [1.165, 1.54) is 15.9 Å². The number of ketones is 1. The number of hydrogen-bond acceptors (Lipinski definition) is 3. The van der Waals surface area contributed by atoms with E-state index in [4.69, 9.17) is 15.9 Å². The molecule has 0 radical (unpaired) electrons. The van der Waals surface area contributed by atoms with Crippen LogP contribution in [0.2, 0.25) is 0 Å². The lowest BCUT2D eigenvalue weighted by atomic mass is 9.74. The standard InChI is InChI=1S/C31H39N3O2P/c1-34(30(32)33)25-31(20-22-36-23-21-31)29(35)19-11-12-24-37(26-13-5-2-6-14-26,27-15-7-3-8-16-27)28-17-9-4-10-18-28/h2-10,13-18H,11-12,19-25H2,1H3,(H3,32,33)/q+1. The summed E-state index contributed by atoms with van der Waals surface area (Å²) in [5.41, 5.74) is 5.23. The first-order valence-electron chi connectivity index (χ1n) is 13.2. The van der Waals surface area contributed by atoms with Crippen molar-refractivity contribution in [2.75, 3.05) is 33.0 Å². The Morgan fingerprint density at radius 1 is 0.865 bits per heavy atom. The molecule has 3 N–H and O–H groups in total. The Hall–Kier alpha value is -3.01. The van der Waals surface area contributed by atoms with Crippen molar-refractivity contribution in [1.82, 2.24) is 4.90 Å². The summed E-state index contributed by atoms with van der Waals surface area (Å²) in [6, 6.07) is 32.7. The molecule has 1 saturated heterocycles. The fourth-order valence-electron chi connectivity index (χ4n) is 5.61. The van der Waals surface area contributed by atoms with Gasteiger partial charge in [-0.1, -0.05) is 54.6 Å². The van der Waals surface area contributed by atoms with Crippen LogP contribution in [0.25, 0.3) is 0 Å². The van der Waals surface area contributed by atoms with Gasteiger partial charge in [0.15, 0.2) is 5.96 Å². The van der Waals surface area contributed by atoms with E-state index in [9.17, 15) is 4.79 Å². The van der Waals surface area contributed by atoms with Crippen LogP contribution in [-0.2, 0) is 9.53 Å². The van der Waals surface area contributed by atoms with Gasteiger partial charge < -0.3 is 15.4 Å². The molecular formula is C31H39N3O2P+. The Morgan fingerprint density at radius 2 is 1.32 bits per heavy atom. The molecule has 5 nitrogen and oxygen atoms in total. The van der Waals surface area contributed by atoms with Gasteiger partial charge in [-0.15, -0.1) is 0 Å². The topological polar surface area (TPSA) is 79.4 Å². The largest absolute Gasteiger partial charge is 0.381 e. The summed E-state index contributed by atoms with van der Waals surface area (Å²) in [6.45, 7) is 1.66. The van der Waals surface area contributed by atoms with E-state index in [2.05, 4.69) is 91.0 Å². The highest BCUT2D eigenvalue weighted by Gasteiger charge is 2.45. The molecular weight excluding hydrogens is 477 g/mol. The van der Waals surface area contributed by atoms with E-state index in [1.54, 1.807) is 11.9 Å². The first-order valence-corrected chi connectivity index (χ1v) is 15.2. The predicted octanol–water partition coefficient (Wildman–Crippen LogP) is 4.34. The molecule has 0 aliphatic carbocycles. The highest BCUT2D eigenvalue weighted by Crippen LogP contribution is 2.56. The van der Waals surface area contributed by atoms with Crippen molar-refractivity contribution in [2.45, 2.75) is 32.1 Å². The van der Waals surface area contributed by atoms with Gasteiger partial charge in [-0.2, -0.15) is 0 Å². The average molecular weight is 517 g/mol. The Bertz CT molecular complexity index is 1050. The van der Waals surface area contributed by atoms with Crippen molar-refractivity contribution in [1.29, 1.82) is 5.41 Å². The number of Topliss-reactive ketones (excluding diaryl/α,β-unsaturated/α-hetero) is 1. The molecule has 1 fully saturated rings. The average Bonchev–Trinajstić information content (AvgIpc) is 2.95. The van der Waals surface area contributed by atoms with Gasteiger partial charge in [0.25, 0.3) is 0 Å². The number of hydrogen-bond donors (Lipinski definition) is 2. The van der Waals surface area contributed by atoms with Crippen molar-refractivity contribution >= 4 is 34.9 Å². The summed E-state index contributed by atoms with van der Waals surface area (Å²) >= 11 is 0. The van der Waals surface area contributed by atoms with E-state index in [0.717, 1.165) is 19.0 Å². The molecule has 3 aromatic rings. The first kappa shape index (κ1) is 27.0. The number of nitrogens with two attached hydrogens (primary N) is 1. The third-order valence-corrected chi connectivity index (χ3v) is 12.3. The second-order valence-corrected chi connectivity index (χ2v) is 13.7. The maximum Gasteiger partial charge on any atom is 0.188 e. The normalized spacial score (nSPS) is 15.2. The van der Waals surface area contributed by atoms with E-state index in [1.807, 2.05) is 0 Å². The molecule has 1 aliphatic heterocycles. The van der Waals surface area contributed by atoms with Crippen LogP contribution >= 0.6 is 7.26 Å². The number of guanidine groups is 1. The molecule has 37 heavy (non-hydrogen) atoms. The number of benzene rings is 3. The van der Waals surface area contributed by atoms with Gasteiger partial charge in [-0.3, -0.25) is 10.2 Å². The zero-order valence-electron chi connectivity index (χ0n) is 21.8. The van der Waals surface area contributed by atoms with Gasteiger partial charge in [0.05, 0.1) is 11.6 Å². The van der Waals surface area contributed by atoms with Gasteiger partial charge in [0, 0.05) is 33.2 Å². The van der Waals surface area contributed by atoms with E-state index in [0.29, 0.717) is 39.0 Å².